The highest BCUT2D eigenvalue weighted by atomic mass is 35.5. The van der Waals surface area contributed by atoms with E-state index in [1.165, 1.54) is 6.07 Å². The van der Waals surface area contributed by atoms with Gasteiger partial charge in [0.05, 0.1) is 0 Å². The fraction of sp³-hybridized carbons (Fsp3) is 0.619. The van der Waals surface area contributed by atoms with Crippen molar-refractivity contribution in [1.82, 2.24) is 15.5 Å². The molecule has 2 saturated heterocycles. The number of rotatable bonds is 4. The van der Waals surface area contributed by atoms with Crippen LogP contribution in [-0.4, -0.2) is 48.9 Å². The molecule has 1 aromatic rings. The molecule has 0 aromatic heterocycles. The molecular formula is C21H30ClF2N3O2. The highest BCUT2D eigenvalue weighted by Crippen LogP contribution is 2.28. The largest absolute Gasteiger partial charge is 0.351 e. The first-order valence-corrected chi connectivity index (χ1v) is 10.1. The number of hydrogen-bond acceptors (Lipinski definition) is 3. The summed E-state index contributed by atoms with van der Waals surface area (Å²) in [6, 6.07) is 3.82. The number of hydrogen-bond donors (Lipinski definition) is 2. The van der Waals surface area contributed by atoms with Crippen molar-refractivity contribution in [3.63, 3.8) is 0 Å². The summed E-state index contributed by atoms with van der Waals surface area (Å²) in [5.41, 5.74) is 0.711. The van der Waals surface area contributed by atoms with E-state index in [2.05, 4.69) is 10.6 Å². The van der Waals surface area contributed by atoms with Crippen molar-refractivity contribution in [3.05, 3.63) is 35.4 Å². The molecule has 2 aliphatic rings. The number of nitrogens with one attached hydrogen (secondary N) is 2. The van der Waals surface area contributed by atoms with Gasteiger partial charge in [0.1, 0.15) is 0 Å². The number of amides is 2. The molecule has 3 rings (SSSR count). The summed E-state index contributed by atoms with van der Waals surface area (Å²) >= 11 is 0. The Morgan fingerprint density at radius 3 is 2.45 bits per heavy atom. The number of carbonyl (C=O) groups is 2. The predicted octanol–water partition coefficient (Wildman–Crippen LogP) is 2.84. The van der Waals surface area contributed by atoms with Gasteiger partial charge in [-0.2, -0.15) is 0 Å². The molecule has 2 N–H and O–H groups in total. The molecule has 8 heteroatoms. The molecule has 0 spiro atoms. The van der Waals surface area contributed by atoms with Crippen molar-refractivity contribution < 1.29 is 18.4 Å². The SMILES string of the molecule is CC(C)C(=O)N1CCC(C(=O)NC2CNCCC2c2ccc(F)c(F)c2)CC1.Cl. The van der Waals surface area contributed by atoms with Crippen LogP contribution in [0.1, 0.15) is 44.6 Å². The molecule has 0 aliphatic carbocycles. The molecule has 1 aromatic carbocycles. The van der Waals surface area contributed by atoms with Crippen LogP contribution in [0.2, 0.25) is 0 Å². The number of benzene rings is 1. The predicted molar refractivity (Wildman–Crippen MR) is 110 cm³/mol. The molecule has 29 heavy (non-hydrogen) atoms. The van der Waals surface area contributed by atoms with Gasteiger partial charge in [0.25, 0.3) is 0 Å². The zero-order chi connectivity index (χ0) is 20.3. The minimum Gasteiger partial charge on any atom is -0.351 e. The Morgan fingerprint density at radius 1 is 1.14 bits per heavy atom. The highest BCUT2D eigenvalue weighted by molar-refractivity contribution is 5.85. The molecule has 0 saturated carbocycles. The van der Waals surface area contributed by atoms with Crippen LogP contribution in [0.3, 0.4) is 0 Å². The van der Waals surface area contributed by atoms with E-state index in [-0.39, 0.29) is 48.0 Å². The fourth-order valence-corrected chi connectivity index (χ4v) is 4.18. The second-order valence-corrected chi connectivity index (χ2v) is 8.14. The number of carbonyl (C=O) groups excluding carboxylic acids is 2. The zero-order valence-corrected chi connectivity index (χ0v) is 17.7. The van der Waals surface area contributed by atoms with Crippen molar-refractivity contribution in [2.24, 2.45) is 11.8 Å². The lowest BCUT2D eigenvalue weighted by Gasteiger charge is -2.36. The Bertz CT molecular complexity index is 724. The molecule has 2 atom stereocenters. The molecule has 2 amide bonds. The van der Waals surface area contributed by atoms with Gasteiger partial charge in [-0.3, -0.25) is 9.59 Å². The van der Waals surface area contributed by atoms with Gasteiger partial charge in [0.2, 0.25) is 11.8 Å². The summed E-state index contributed by atoms with van der Waals surface area (Å²) in [5.74, 6) is -1.81. The summed E-state index contributed by atoms with van der Waals surface area (Å²) in [7, 11) is 0. The van der Waals surface area contributed by atoms with Crippen LogP contribution >= 0.6 is 12.4 Å². The fourth-order valence-electron chi connectivity index (χ4n) is 4.18. The van der Waals surface area contributed by atoms with Crippen LogP contribution in [0, 0.1) is 23.5 Å². The molecule has 0 bridgehead atoms. The zero-order valence-electron chi connectivity index (χ0n) is 16.9. The first kappa shape index (κ1) is 23.5. The van der Waals surface area contributed by atoms with Gasteiger partial charge in [-0.25, -0.2) is 8.78 Å². The van der Waals surface area contributed by atoms with E-state index in [0.717, 1.165) is 19.0 Å². The third-order valence-corrected chi connectivity index (χ3v) is 5.85. The Hall–Kier alpha value is -1.73. The summed E-state index contributed by atoms with van der Waals surface area (Å²) in [4.78, 5) is 26.7. The monoisotopic (exact) mass is 429 g/mol. The second kappa shape index (κ2) is 10.3. The molecular weight excluding hydrogens is 400 g/mol. The van der Waals surface area contributed by atoms with Crippen molar-refractivity contribution in [2.45, 2.75) is 45.1 Å². The van der Waals surface area contributed by atoms with Gasteiger partial charge in [0.15, 0.2) is 11.6 Å². The van der Waals surface area contributed by atoms with Crippen LogP contribution in [-0.2, 0) is 9.59 Å². The third kappa shape index (κ3) is 5.66. The average Bonchev–Trinajstić information content (AvgIpc) is 2.70. The lowest BCUT2D eigenvalue weighted by atomic mass is 9.85. The smallest absolute Gasteiger partial charge is 0.225 e. The molecule has 5 nitrogen and oxygen atoms in total. The van der Waals surface area contributed by atoms with Gasteiger partial charge in [-0.1, -0.05) is 19.9 Å². The maximum Gasteiger partial charge on any atom is 0.225 e. The van der Waals surface area contributed by atoms with Crippen molar-refractivity contribution in [1.29, 1.82) is 0 Å². The lowest BCUT2D eigenvalue weighted by molar-refractivity contribution is -0.138. The van der Waals surface area contributed by atoms with E-state index in [1.54, 1.807) is 6.07 Å². The number of likely N-dealkylation sites (tertiary alicyclic amines) is 1. The standard InChI is InChI=1S/C21H29F2N3O2.ClH/c1-13(2)21(28)26-9-6-14(7-10-26)20(27)25-19-12-24-8-5-16(19)15-3-4-17(22)18(23)11-15;/h3-4,11,13-14,16,19,24H,5-10,12H2,1-2H3,(H,25,27);1H. The van der Waals surface area contributed by atoms with Crippen molar-refractivity contribution in [3.8, 4) is 0 Å². The van der Waals surface area contributed by atoms with Crippen LogP contribution in [0.15, 0.2) is 18.2 Å². The summed E-state index contributed by atoms with van der Waals surface area (Å²) in [6.45, 7) is 6.34. The quantitative estimate of drug-likeness (QED) is 0.773. The maximum atomic E-state index is 13.7. The van der Waals surface area contributed by atoms with E-state index in [1.807, 2.05) is 18.7 Å². The minimum atomic E-state index is -0.860. The molecule has 2 heterocycles. The van der Waals surface area contributed by atoms with Crippen LogP contribution < -0.4 is 10.6 Å². The molecule has 2 unspecified atom stereocenters. The van der Waals surface area contributed by atoms with Crippen LogP contribution in [0.25, 0.3) is 0 Å². The topological polar surface area (TPSA) is 61.4 Å². The summed E-state index contributed by atoms with van der Waals surface area (Å²) in [6.07, 6.45) is 2.05. The second-order valence-electron chi connectivity index (χ2n) is 8.14. The molecule has 162 valence electrons. The summed E-state index contributed by atoms with van der Waals surface area (Å²) in [5, 5.41) is 6.38. The Balaban J connectivity index is 0.00000300. The van der Waals surface area contributed by atoms with Gasteiger partial charge in [0, 0.05) is 43.4 Å². The lowest BCUT2D eigenvalue weighted by Crippen LogP contribution is -2.52. The summed E-state index contributed by atoms with van der Waals surface area (Å²) < 4.78 is 26.9. The maximum absolute atomic E-state index is 13.7. The van der Waals surface area contributed by atoms with Crippen LogP contribution in [0.5, 0.6) is 0 Å². The van der Waals surface area contributed by atoms with E-state index >= 15 is 0 Å². The van der Waals surface area contributed by atoms with E-state index in [9.17, 15) is 18.4 Å². The van der Waals surface area contributed by atoms with E-state index in [0.29, 0.717) is 38.0 Å². The van der Waals surface area contributed by atoms with Gasteiger partial charge in [-0.15, -0.1) is 12.4 Å². The van der Waals surface area contributed by atoms with E-state index in [4.69, 9.17) is 0 Å². The van der Waals surface area contributed by atoms with Crippen LogP contribution in [0.4, 0.5) is 8.78 Å². The Morgan fingerprint density at radius 2 is 1.83 bits per heavy atom. The van der Waals surface area contributed by atoms with Crippen molar-refractivity contribution >= 4 is 24.2 Å². The minimum absolute atomic E-state index is 0. The Labute approximate surface area is 177 Å². The first-order valence-electron chi connectivity index (χ1n) is 10.1. The molecule has 0 radical (unpaired) electrons. The third-order valence-electron chi connectivity index (χ3n) is 5.85. The molecule has 2 aliphatic heterocycles. The van der Waals surface area contributed by atoms with E-state index < -0.39 is 11.6 Å². The number of piperidine rings is 2. The first-order chi connectivity index (χ1) is 13.4. The van der Waals surface area contributed by atoms with Gasteiger partial charge < -0.3 is 15.5 Å². The van der Waals surface area contributed by atoms with Gasteiger partial charge >= 0.3 is 0 Å². The number of halogens is 3. The van der Waals surface area contributed by atoms with Crippen molar-refractivity contribution in [2.75, 3.05) is 26.2 Å². The number of nitrogens with zero attached hydrogens (tertiary/aromatic N) is 1. The average molecular weight is 430 g/mol. The molecule has 2 fully saturated rings. The highest BCUT2D eigenvalue weighted by Gasteiger charge is 2.32. The normalized spacial score (nSPS) is 22.9. The van der Waals surface area contributed by atoms with Gasteiger partial charge in [-0.05, 0) is 43.5 Å². The Kier molecular flexibility index (Phi) is 8.40.